The summed E-state index contributed by atoms with van der Waals surface area (Å²) in [6.45, 7) is 13.6. The van der Waals surface area contributed by atoms with Crippen molar-refractivity contribution in [2.45, 2.75) is 31.3 Å². The van der Waals surface area contributed by atoms with E-state index in [1.807, 2.05) is 0 Å². The molecule has 0 radical (unpaired) electrons. The van der Waals surface area contributed by atoms with E-state index in [4.69, 9.17) is 13.1 Å². The first-order valence-corrected chi connectivity index (χ1v) is 4.99. The van der Waals surface area contributed by atoms with Crippen LogP contribution in [0.4, 0.5) is 0 Å². The zero-order chi connectivity index (χ0) is 13.3. The Morgan fingerprint density at radius 3 is 1.59 bits per heavy atom. The maximum Gasteiger partial charge on any atom is 0.389 e. The molecule has 0 saturated carbocycles. The molecule has 0 rings (SSSR count). The van der Waals surface area contributed by atoms with Crippen LogP contribution in [-0.4, -0.2) is 38.2 Å². The second-order valence-electron chi connectivity index (χ2n) is 3.27. The molecule has 0 saturated heterocycles. The number of hydrogen-bond donors (Lipinski definition) is 0. The zero-order valence-electron chi connectivity index (χ0n) is 9.80. The summed E-state index contributed by atoms with van der Waals surface area (Å²) >= 11 is 0. The Labute approximate surface area is 100 Å². The van der Waals surface area contributed by atoms with Crippen molar-refractivity contribution in [1.82, 2.24) is 0 Å². The van der Waals surface area contributed by atoms with Crippen molar-refractivity contribution < 1.29 is 19.1 Å². The number of ether oxygens (including phenoxy) is 2. The number of carbonyl (C=O) groups is 2. The lowest BCUT2D eigenvalue weighted by Crippen LogP contribution is -2.21. The van der Waals surface area contributed by atoms with Crippen LogP contribution in [0, 0.1) is 13.1 Å². The SMILES string of the molecule is [C-]#[N+][C@@H](CCC[C@H]([N+]#[C-])C(=O)OC)C(=O)OC. The molecule has 17 heavy (non-hydrogen) atoms. The Balaban J connectivity index is 4.13. The van der Waals surface area contributed by atoms with E-state index in [0.29, 0.717) is 6.42 Å². The van der Waals surface area contributed by atoms with Gasteiger partial charge in [0.1, 0.15) is 0 Å². The number of methoxy groups -OCH3 is 2. The van der Waals surface area contributed by atoms with E-state index in [1.54, 1.807) is 0 Å². The molecule has 92 valence electrons. The van der Waals surface area contributed by atoms with Crippen LogP contribution < -0.4 is 0 Å². The van der Waals surface area contributed by atoms with Crippen molar-refractivity contribution in [3.63, 3.8) is 0 Å². The number of hydrogen-bond acceptors (Lipinski definition) is 4. The summed E-state index contributed by atoms with van der Waals surface area (Å²) in [6, 6.07) is -1.71. The molecule has 0 aromatic heterocycles. The maximum atomic E-state index is 11.1. The van der Waals surface area contributed by atoms with E-state index < -0.39 is 24.0 Å². The third-order valence-corrected chi connectivity index (χ3v) is 2.21. The van der Waals surface area contributed by atoms with E-state index in [1.165, 1.54) is 14.2 Å². The average molecular weight is 238 g/mol. The Hall–Kier alpha value is -2.08. The van der Waals surface area contributed by atoms with Gasteiger partial charge in [0, 0.05) is 12.8 Å². The van der Waals surface area contributed by atoms with Gasteiger partial charge in [0.05, 0.1) is 14.2 Å². The lowest BCUT2D eigenvalue weighted by Gasteiger charge is -2.04. The molecule has 0 aliphatic rings. The first-order chi connectivity index (χ1) is 8.10. The molecule has 0 amide bonds. The van der Waals surface area contributed by atoms with Crippen molar-refractivity contribution in [1.29, 1.82) is 0 Å². The second-order valence-corrected chi connectivity index (χ2v) is 3.27. The molecular weight excluding hydrogens is 224 g/mol. The minimum Gasteiger partial charge on any atom is -0.463 e. The number of esters is 2. The first-order valence-electron chi connectivity index (χ1n) is 4.99. The Kier molecular flexibility index (Phi) is 7.12. The van der Waals surface area contributed by atoms with Gasteiger partial charge in [-0.25, -0.2) is 22.7 Å². The Morgan fingerprint density at radius 2 is 1.35 bits per heavy atom. The summed E-state index contributed by atoms with van der Waals surface area (Å²) in [7, 11) is 2.44. The molecule has 0 aromatic rings. The molecule has 6 heteroatoms. The van der Waals surface area contributed by atoms with Gasteiger partial charge in [-0.2, -0.15) is 0 Å². The van der Waals surface area contributed by atoms with Gasteiger partial charge >= 0.3 is 24.0 Å². The summed E-state index contributed by atoms with van der Waals surface area (Å²) < 4.78 is 8.90. The highest BCUT2D eigenvalue weighted by Gasteiger charge is 2.28. The minimum absolute atomic E-state index is 0.277. The van der Waals surface area contributed by atoms with E-state index in [-0.39, 0.29) is 12.8 Å². The third-order valence-electron chi connectivity index (χ3n) is 2.21. The number of rotatable bonds is 6. The summed E-state index contributed by atoms with van der Waals surface area (Å²) in [5, 5.41) is 0. The molecule has 0 aromatic carbocycles. The highest BCUT2D eigenvalue weighted by molar-refractivity contribution is 5.78. The van der Waals surface area contributed by atoms with Crippen LogP contribution >= 0.6 is 0 Å². The van der Waals surface area contributed by atoms with Crippen LogP contribution in [0.1, 0.15) is 19.3 Å². The molecule has 0 aliphatic carbocycles. The highest BCUT2D eigenvalue weighted by atomic mass is 16.5. The van der Waals surface area contributed by atoms with Gasteiger partial charge in [-0.05, 0) is 6.42 Å². The van der Waals surface area contributed by atoms with Crippen LogP contribution in [-0.2, 0) is 19.1 Å². The number of carbonyl (C=O) groups excluding carboxylic acids is 2. The van der Waals surface area contributed by atoms with Crippen molar-refractivity contribution in [2.75, 3.05) is 14.2 Å². The van der Waals surface area contributed by atoms with Gasteiger partial charge < -0.3 is 19.2 Å². The lowest BCUT2D eigenvalue weighted by molar-refractivity contribution is -0.141. The number of nitrogens with zero attached hydrogens (tertiary/aromatic N) is 2. The molecule has 0 fully saturated rings. The van der Waals surface area contributed by atoms with E-state index in [2.05, 4.69) is 19.2 Å². The normalized spacial score (nSPS) is 12.7. The molecular formula is C11H14N2O4. The van der Waals surface area contributed by atoms with E-state index in [0.717, 1.165) is 0 Å². The van der Waals surface area contributed by atoms with Crippen LogP contribution in [0.5, 0.6) is 0 Å². The zero-order valence-corrected chi connectivity index (χ0v) is 9.80. The maximum absolute atomic E-state index is 11.1. The van der Waals surface area contributed by atoms with Gasteiger partial charge in [-0.15, -0.1) is 0 Å². The van der Waals surface area contributed by atoms with E-state index in [9.17, 15) is 9.59 Å². The fourth-order valence-corrected chi connectivity index (χ4v) is 1.25. The average Bonchev–Trinajstić information content (AvgIpc) is 2.37. The van der Waals surface area contributed by atoms with Gasteiger partial charge in [0.2, 0.25) is 0 Å². The largest absolute Gasteiger partial charge is 0.463 e. The molecule has 0 bridgehead atoms. The fraction of sp³-hybridized carbons (Fsp3) is 0.636. The second kappa shape index (κ2) is 8.12. The summed E-state index contributed by atoms with van der Waals surface area (Å²) in [5.41, 5.74) is 0. The molecule has 0 N–H and O–H groups in total. The van der Waals surface area contributed by atoms with Crippen LogP contribution in [0.3, 0.4) is 0 Å². The van der Waals surface area contributed by atoms with Crippen molar-refractivity contribution >= 4 is 11.9 Å². The van der Waals surface area contributed by atoms with Crippen LogP contribution in [0.25, 0.3) is 9.69 Å². The predicted molar refractivity (Wildman–Crippen MR) is 58.7 cm³/mol. The minimum atomic E-state index is -0.857. The monoisotopic (exact) mass is 238 g/mol. The molecule has 0 aliphatic heterocycles. The Bertz CT molecular complexity index is 319. The standard InChI is InChI=1S/C11H14N2O4/c1-12-8(10(14)16-3)6-5-7-9(13-2)11(15)17-4/h8-9H,5-7H2,3-4H3/t8-,9-/m0/s1. The first kappa shape index (κ1) is 14.9. The Morgan fingerprint density at radius 1 is 1.00 bits per heavy atom. The summed E-state index contributed by atoms with van der Waals surface area (Å²) in [5.74, 6) is -1.17. The molecule has 0 unspecified atom stereocenters. The quantitative estimate of drug-likeness (QED) is 0.513. The molecule has 0 spiro atoms. The van der Waals surface area contributed by atoms with Crippen molar-refractivity contribution in [3.05, 3.63) is 22.8 Å². The van der Waals surface area contributed by atoms with E-state index >= 15 is 0 Å². The van der Waals surface area contributed by atoms with Crippen LogP contribution in [0.15, 0.2) is 0 Å². The van der Waals surface area contributed by atoms with Gasteiger partial charge in [0.15, 0.2) is 0 Å². The van der Waals surface area contributed by atoms with Crippen molar-refractivity contribution in [2.24, 2.45) is 0 Å². The smallest absolute Gasteiger partial charge is 0.389 e. The third kappa shape index (κ3) is 4.98. The topological polar surface area (TPSA) is 61.3 Å². The van der Waals surface area contributed by atoms with Gasteiger partial charge in [0.25, 0.3) is 0 Å². The van der Waals surface area contributed by atoms with Gasteiger partial charge in [-0.3, -0.25) is 0 Å². The fourth-order valence-electron chi connectivity index (χ4n) is 1.25. The summed E-state index contributed by atoms with van der Waals surface area (Å²) in [6.07, 6.45) is 0.975. The summed E-state index contributed by atoms with van der Waals surface area (Å²) in [4.78, 5) is 28.4. The molecule has 2 atom stereocenters. The predicted octanol–water partition coefficient (Wildman–Crippen LogP) is 1.08. The van der Waals surface area contributed by atoms with Crippen LogP contribution in [0.2, 0.25) is 0 Å². The molecule has 6 nitrogen and oxygen atoms in total. The highest BCUT2D eigenvalue weighted by Crippen LogP contribution is 2.11. The van der Waals surface area contributed by atoms with Gasteiger partial charge in [-0.1, -0.05) is 0 Å². The lowest BCUT2D eigenvalue weighted by atomic mass is 10.1. The van der Waals surface area contributed by atoms with Crippen molar-refractivity contribution in [3.8, 4) is 0 Å². The molecule has 0 heterocycles.